The van der Waals surface area contributed by atoms with Gasteiger partial charge in [0.05, 0.1) is 45.8 Å². The summed E-state index contributed by atoms with van der Waals surface area (Å²) in [6.45, 7) is 9.14. The summed E-state index contributed by atoms with van der Waals surface area (Å²) in [5.74, 6) is 4.52. The number of nitrogens with two attached hydrogens (primary N) is 2. The Bertz CT molecular complexity index is 1750. The molecule has 19 heteroatoms. The highest BCUT2D eigenvalue weighted by Gasteiger charge is 2.30. The molecule has 0 atom stereocenters. The summed E-state index contributed by atoms with van der Waals surface area (Å²) in [6, 6.07) is 3.52. The van der Waals surface area contributed by atoms with Gasteiger partial charge in [0.25, 0.3) is 11.8 Å². The number of likely N-dealkylation sites (tertiary alicyclic amines) is 2. The van der Waals surface area contributed by atoms with Gasteiger partial charge < -0.3 is 54.7 Å². The Kier molecular flexibility index (Phi) is 17.8. The first-order valence-electron chi connectivity index (χ1n) is 18.9. The molecule has 57 heavy (non-hydrogen) atoms. The molecule has 4 aliphatic rings. The van der Waals surface area contributed by atoms with Crippen LogP contribution in [0.3, 0.4) is 0 Å². The number of methoxy groups -OCH3 is 2. The van der Waals surface area contributed by atoms with Crippen LogP contribution in [0.25, 0.3) is 22.9 Å². The van der Waals surface area contributed by atoms with Crippen molar-refractivity contribution in [3.8, 4) is 34.4 Å². The van der Waals surface area contributed by atoms with Gasteiger partial charge in [-0.2, -0.15) is 9.97 Å². The third kappa shape index (κ3) is 10.7. The maximum atomic E-state index is 6.29. The minimum atomic E-state index is 0. The Labute approximate surface area is 355 Å². The molecule has 2 aromatic carbocycles. The van der Waals surface area contributed by atoms with Crippen molar-refractivity contribution >= 4 is 59.4 Å². The summed E-state index contributed by atoms with van der Waals surface area (Å²) in [6.07, 6.45) is 7.75. The lowest BCUT2D eigenvalue weighted by molar-refractivity contribution is 0.156. The van der Waals surface area contributed by atoms with Crippen molar-refractivity contribution in [2.24, 2.45) is 0 Å². The monoisotopic (exact) mass is 874 g/mol. The largest absolute Gasteiger partial charge is 0.492 e. The van der Waals surface area contributed by atoms with Crippen LogP contribution in [0.4, 0.5) is 11.4 Å². The number of fused-ring (bicyclic) bond motifs is 2. The topological polar surface area (TPSA) is 205 Å². The highest BCUT2D eigenvalue weighted by Crippen LogP contribution is 2.45. The highest BCUT2D eigenvalue weighted by atomic mass is 35.5. The zero-order chi connectivity index (χ0) is 37.6. The molecule has 2 aromatic heterocycles. The first-order valence-corrected chi connectivity index (χ1v) is 19.7. The molecule has 316 valence electrons. The molecule has 6 heterocycles. The van der Waals surface area contributed by atoms with Crippen LogP contribution in [-0.4, -0.2) is 115 Å². The lowest BCUT2D eigenvalue weighted by atomic mass is 9.96. The van der Waals surface area contributed by atoms with E-state index in [1.165, 1.54) is 0 Å². The van der Waals surface area contributed by atoms with Gasteiger partial charge in [0.15, 0.2) is 11.6 Å². The Morgan fingerprint density at radius 3 is 1.44 bits per heavy atom. The van der Waals surface area contributed by atoms with Crippen molar-refractivity contribution in [2.75, 3.05) is 91.4 Å². The summed E-state index contributed by atoms with van der Waals surface area (Å²) >= 11 is 12.6. The first-order chi connectivity index (χ1) is 26.3. The third-order valence-corrected chi connectivity index (χ3v) is 11.5. The molecular weight excluding hydrogens is 822 g/mol. The predicted octanol–water partition coefficient (Wildman–Crippen LogP) is 6.26. The molecule has 8 rings (SSSR count). The maximum Gasteiger partial charge on any atom is 0.261 e. The number of hydrogen-bond acceptors (Lipinski definition) is 14. The van der Waals surface area contributed by atoms with E-state index in [4.69, 9.17) is 62.7 Å². The summed E-state index contributed by atoms with van der Waals surface area (Å²) in [7, 11) is 3.49. The van der Waals surface area contributed by atoms with Crippen LogP contribution in [0.15, 0.2) is 21.2 Å². The van der Waals surface area contributed by atoms with Crippen LogP contribution in [-0.2, 0) is 22.3 Å². The second kappa shape index (κ2) is 21.8. The van der Waals surface area contributed by atoms with Gasteiger partial charge in [0, 0.05) is 76.3 Å². The molecule has 2 saturated heterocycles. The number of nitrogens with zero attached hydrogens (tertiary/aromatic N) is 6. The molecule has 0 unspecified atom stereocenters. The van der Waals surface area contributed by atoms with Gasteiger partial charge in [-0.05, 0) is 76.8 Å². The highest BCUT2D eigenvalue weighted by molar-refractivity contribution is 6.34. The predicted molar refractivity (Wildman–Crippen MR) is 225 cm³/mol. The molecule has 2 fully saturated rings. The van der Waals surface area contributed by atoms with E-state index in [-0.39, 0.29) is 30.3 Å². The number of piperidine rings is 2. The van der Waals surface area contributed by atoms with Gasteiger partial charge >= 0.3 is 0 Å². The van der Waals surface area contributed by atoms with Crippen molar-refractivity contribution in [1.29, 1.82) is 0 Å². The molecule has 6 N–H and O–H groups in total. The van der Waals surface area contributed by atoms with E-state index in [1.807, 2.05) is 0 Å². The quantitative estimate of drug-likeness (QED) is 0.119. The SMILES string of the molecule is COCCCN1CCC(c2noc(-c3cc(Cl)c(N)c4c3OCC4)n2)CC1.COCCCN1CCC(c2noc(-c3cc(Cl)c(N)c4c3OCC4)n2)CC1.Cl.Cl.O. The molecule has 0 amide bonds. The molecule has 0 saturated carbocycles. The molecule has 0 spiro atoms. The Balaban J connectivity index is 0.000000240. The minimum Gasteiger partial charge on any atom is -0.492 e. The van der Waals surface area contributed by atoms with Gasteiger partial charge in [-0.15, -0.1) is 24.8 Å². The second-order valence-corrected chi connectivity index (χ2v) is 15.1. The van der Waals surface area contributed by atoms with Crippen molar-refractivity contribution < 1.29 is 33.5 Å². The number of halogens is 4. The summed E-state index contributed by atoms with van der Waals surface area (Å²) in [5, 5.41) is 9.48. The van der Waals surface area contributed by atoms with E-state index < -0.39 is 0 Å². The van der Waals surface area contributed by atoms with Crippen molar-refractivity contribution in [3.05, 3.63) is 45.0 Å². The fraction of sp³-hybridized carbons (Fsp3) is 0.579. The van der Waals surface area contributed by atoms with Crippen LogP contribution in [0, 0.1) is 0 Å². The number of ether oxygens (including phenoxy) is 4. The number of hydrogen-bond donors (Lipinski definition) is 2. The summed E-state index contributed by atoms with van der Waals surface area (Å²) in [4.78, 5) is 14.3. The molecule has 4 aromatic rings. The van der Waals surface area contributed by atoms with Crippen LogP contribution in [0.5, 0.6) is 11.5 Å². The van der Waals surface area contributed by atoms with Crippen molar-refractivity contribution in [2.45, 2.75) is 63.2 Å². The normalized spacial score (nSPS) is 16.9. The Morgan fingerprint density at radius 2 is 1.07 bits per heavy atom. The van der Waals surface area contributed by atoms with Crippen molar-refractivity contribution in [3.63, 3.8) is 0 Å². The number of benzene rings is 2. The number of nitrogen functional groups attached to an aromatic ring is 2. The van der Waals surface area contributed by atoms with Gasteiger partial charge in [0.1, 0.15) is 11.5 Å². The van der Waals surface area contributed by atoms with Crippen LogP contribution < -0.4 is 20.9 Å². The second-order valence-electron chi connectivity index (χ2n) is 14.3. The van der Waals surface area contributed by atoms with Crippen LogP contribution in [0.1, 0.15) is 73.1 Å². The molecule has 0 aliphatic carbocycles. The van der Waals surface area contributed by atoms with E-state index >= 15 is 0 Å². The van der Waals surface area contributed by atoms with Gasteiger partial charge in [-0.25, -0.2) is 0 Å². The average Bonchev–Trinajstić information content (AvgIpc) is 4.03. The van der Waals surface area contributed by atoms with E-state index in [0.717, 1.165) is 149 Å². The summed E-state index contributed by atoms with van der Waals surface area (Å²) < 4.78 is 32.9. The lowest BCUT2D eigenvalue weighted by Crippen LogP contribution is -2.34. The molecule has 0 radical (unpaired) electrons. The number of rotatable bonds is 12. The van der Waals surface area contributed by atoms with Crippen LogP contribution in [0.2, 0.25) is 10.0 Å². The van der Waals surface area contributed by atoms with E-state index in [9.17, 15) is 0 Å². The molecule has 4 aliphatic heterocycles. The lowest BCUT2D eigenvalue weighted by Gasteiger charge is -2.30. The first kappa shape index (κ1) is 46.6. The fourth-order valence-electron chi connectivity index (χ4n) is 7.77. The fourth-order valence-corrected chi connectivity index (χ4v) is 8.21. The van der Waals surface area contributed by atoms with Gasteiger partial charge in [0.2, 0.25) is 0 Å². The summed E-state index contributed by atoms with van der Waals surface area (Å²) in [5.41, 5.74) is 16.6. The van der Waals surface area contributed by atoms with E-state index in [2.05, 4.69) is 30.1 Å². The van der Waals surface area contributed by atoms with E-state index in [0.29, 0.717) is 58.3 Å². The van der Waals surface area contributed by atoms with E-state index in [1.54, 1.807) is 26.4 Å². The third-order valence-electron chi connectivity index (χ3n) is 10.8. The Morgan fingerprint density at radius 1 is 0.684 bits per heavy atom. The number of aromatic nitrogens is 4. The maximum absolute atomic E-state index is 6.29. The number of anilines is 2. The molecule has 0 bridgehead atoms. The zero-order valence-corrected chi connectivity index (χ0v) is 35.5. The van der Waals surface area contributed by atoms with Crippen molar-refractivity contribution in [1.82, 2.24) is 30.1 Å². The Hall–Kier alpha value is -3.12. The molecule has 15 nitrogen and oxygen atoms in total. The minimum absolute atomic E-state index is 0. The smallest absolute Gasteiger partial charge is 0.261 e. The molecular formula is C38H54Cl4N8O7. The van der Waals surface area contributed by atoms with Crippen LogP contribution >= 0.6 is 48.0 Å². The average molecular weight is 877 g/mol. The zero-order valence-electron chi connectivity index (χ0n) is 32.4. The standard InChI is InChI=1S/2C19H25ClN4O3.2ClH.H2O/c2*1-25-9-2-6-24-7-3-12(4-8-24)18-22-19(27-23-18)14-11-15(20)16(21)13-5-10-26-17(13)14;;;/h2*11-12H,2-10,21H2,1H3;2*1H;1H2. The van der Waals surface area contributed by atoms with Gasteiger partial charge in [-0.3, -0.25) is 0 Å². The van der Waals surface area contributed by atoms with Gasteiger partial charge in [-0.1, -0.05) is 33.5 Å².